The third-order valence-electron chi connectivity index (χ3n) is 33.1. The molecule has 16 nitrogen and oxygen atoms in total. The van der Waals surface area contributed by atoms with Crippen molar-refractivity contribution in [2.75, 3.05) is 0 Å². The first kappa shape index (κ1) is 89.3. The van der Waals surface area contributed by atoms with E-state index in [1.807, 2.05) is 12.1 Å². The van der Waals surface area contributed by atoms with Gasteiger partial charge in [-0.3, -0.25) is 18.8 Å². The fraction of sp³-hybridized carbons (Fsp3) is 0.242. The zero-order chi connectivity index (χ0) is 95.7. The summed E-state index contributed by atoms with van der Waals surface area (Å²) in [5.41, 5.74) is 42.0. The van der Waals surface area contributed by atoms with Crippen LogP contribution in [0.5, 0.6) is 0 Å². The van der Waals surface area contributed by atoms with Crippen molar-refractivity contribution in [1.82, 2.24) is 74.6 Å². The van der Waals surface area contributed by atoms with Gasteiger partial charge in [-0.25, -0.2) is 19.9 Å². The van der Waals surface area contributed by atoms with E-state index in [1.165, 1.54) is 100.0 Å². The minimum Gasteiger partial charge on any atom is -0.337 e. The third-order valence-corrected chi connectivity index (χ3v) is 33.1. The van der Waals surface area contributed by atoms with Crippen molar-refractivity contribution in [2.45, 2.75) is 196 Å². The molecule has 0 aliphatic carbocycles. The second-order valence-corrected chi connectivity index (χ2v) is 43.7. The standard InChI is InChI=1S/C77H76N8.C47H32N8.2Pt/c1-41(2)49-32-55(43(5)6)70(56(33-49)44(7)8)47-24-29-62-66(36-47)84-67-37-48(71-57(45(9)10)34-50(42(3)4)35-58(71)46(11)12)25-30-64(67)81(74(84)80-62)52-27-31-65-68(39-52)82(75-79-61-22-17-18-23-63(61)83(65)75)51-26-28-53-54-20-19-21-60-72(54)85-69(77(15,16)76(60,13)14)40-78-73(85)59(53)38-51;1-46(2)32-13-11-12-30-29-22-20-27(24-31(29)43-48-26-41(47(46,3)4)55(43)42(30)32)52-40-25-28(21-23-39(40)54-36-17-8-6-15-34(36)50-45(52)54)51-37-18-9-10-19-38(37)53-35-16-7-5-14-33(35)49-44(51)53;;/h17-37,40-46H,1-16H3;5-23,26H,1-4H3;;/q2*-2;2*+2. The van der Waals surface area contributed by atoms with Crippen LogP contribution >= 0.6 is 0 Å². The summed E-state index contributed by atoms with van der Waals surface area (Å²) in [6.07, 6.45) is 4.19. The van der Waals surface area contributed by atoms with Gasteiger partial charge in [0.2, 0.25) is 23.1 Å². The van der Waals surface area contributed by atoms with Crippen molar-refractivity contribution in [3.8, 4) is 45.0 Å². The van der Waals surface area contributed by atoms with E-state index in [2.05, 4.69) is 450 Å². The Kier molecular flexibility index (Phi) is 19.6. The monoisotopic (exact) mass is 2210 g/mol. The van der Waals surface area contributed by atoms with Crippen LogP contribution in [-0.4, -0.2) is 74.6 Å². The minimum absolute atomic E-state index is 0. The van der Waals surface area contributed by atoms with E-state index < -0.39 is 0 Å². The Balaban J connectivity index is 0.000000160. The van der Waals surface area contributed by atoms with Gasteiger partial charge >= 0.3 is 42.1 Å². The van der Waals surface area contributed by atoms with Crippen molar-refractivity contribution in [3.05, 3.63) is 335 Å². The molecule has 14 heterocycles. The Labute approximate surface area is 851 Å². The van der Waals surface area contributed by atoms with Crippen molar-refractivity contribution in [1.29, 1.82) is 0 Å². The number of aromatic nitrogens is 16. The average Bonchev–Trinajstić information content (AvgIpc) is 1.40. The largest absolute Gasteiger partial charge is 2.00 e. The van der Waals surface area contributed by atoms with E-state index >= 15 is 0 Å². The van der Waals surface area contributed by atoms with Crippen LogP contribution in [0.15, 0.2) is 255 Å². The number of rotatable bonds is 12. The molecule has 142 heavy (non-hydrogen) atoms. The molecule has 12 aromatic heterocycles. The summed E-state index contributed by atoms with van der Waals surface area (Å²) < 4.78 is 23.1. The molecular weight excluding hydrogens is 2100 g/mol. The quantitative estimate of drug-likeness (QED) is 0.0886. The zero-order valence-electron chi connectivity index (χ0n) is 83.5. The van der Waals surface area contributed by atoms with Gasteiger partial charge in [0.05, 0.1) is 77.5 Å². The molecule has 2 aliphatic rings. The molecule has 18 heteroatoms. The van der Waals surface area contributed by atoms with Crippen LogP contribution < -0.4 is 0 Å². The van der Waals surface area contributed by atoms with E-state index in [1.54, 1.807) is 0 Å². The summed E-state index contributed by atoms with van der Waals surface area (Å²) in [7, 11) is 0. The summed E-state index contributed by atoms with van der Waals surface area (Å²) in [4.78, 5) is 31.9. The molecular formula is C124H108N16Pt2. The summed E-state index contributed by atoms with van der Waals surface area (Å²) in [6, 6.07) is 105. The predicted octanol–water partition coefficient (Wildman–Crippen LogP) is 30.7. The Hall–Kier alpha value is -14.0. The first-order chi connectivity index (χ1) is 67.4. The van der Waals surface area contributed by atoms with Crippen LogP contribution in [0, 0.1) is 24.3 Å². The number of hydrogen-bond donors (Lipinski definition) is 0. The van der Waals surface area contributed by atoms with Gasteiger partial charge in [0.15, 0.2) is 0 Å². The Morgan fingerprint density at radius 1 is 0.261 bits per heavy atom. The van der Waals surface area contributed by atoms with Gasteiger partial charge < -0.3 is 35.9 Å². The Morgan fingerprint density at radius 2 is 0.592 bits per heavy atom. The number of pyridine rings is 2. The zero-order valence-corrected chi connectivity index (χ0v) is 88.0. The van der Waals surface area contributed by atoms with Gasteiger partial charge in [-0.05, 0) is 219 Å². The number of imidazole rings is 10. The third kappa shape index (κ3) is 12.1. The van der Waals surface area contributed by atoms with E-state index in [0.29, 0.717) is 35.5 Å². The number of benzene rings is 14. The molecule has 0 bridgehead atoms. The van der Waals surface area contributed by atoms with Crippen LogP contribution in [0.25, 0.3) is 211 Å². The second kappa shape index (κ2) is 31.2. The molecule has 14 aromatic carbocycles. The number of fused-ring (bicyclic) bond motifs is 26. The molecule has 0 radical (unpaired) electrons. The molecule has 0 saturated carbocycles. The van der Waals surface area contributed by atoms with E-state index in [4.69, 9.17) is 29.9 Å². The molecule has 0 atom stereocenters. The summed E-state index contributed by atoms with van der Waals surface area (Å²) >= 11 is 0. The van der Waals surface area contributed by atoms with Gasteiger partial charge in [0, 0.05) is 56.5 Å². The second-order valence-electron chi connectivity index (χ2n) is 43.7. The maximum Gasteiger partial charge on any atom is 2.00 e. The Morgan fingerprint density at radius 3 is 1.00 bits per heavy atom. The van der Waals surface area contributed by atoms with E-state index in [9.17, 15) is 0 Å². The summed E-state index contributed by atoms with van der Waals surface area (Å²) in [5.74, 6) is 5.46. The molecule has 28 rings (SSSR count). The van der Waals surface area contributed by atoms with Gasteiger partial charge in [0.1, 0.15) is 0 Å². The van der Waals surface area contributed by atoms with Gasteiger partial charge in [-0.15, -0.1) is 72.8 Å². The predicted molar refractivity (Wildman–Crippen MR) is 576 cm³/mol. The van der Waals surface area contributed by atoms with E-state index in [0.717, 1.165) is 167 Å². The molecule has 0 amide bonds. The van der Waals surface area contributed by atoms with Crippen LogP contribution in [0.1, 0.15) is 230 Å². The number of nitrogens with zero attached hydrogens (tertiary/aromatic N) is 16. The van der Waals surface area contributed by atoms with Gasteiger partial charge in [0.25, 0.3) is 0 Å². The first-order valence-corrected chi connectivity index (χ1v) is 49.9. The first-order valence-electron chi connectivity index (χ1n) is 49.9. The molecule has 26 aromatic rings. The molecule has 0 fully saturated rings. The summed E-state index contributed by atoms with van der Waals surface area (Å²) in [5, 5.41) is 6.65. The molecule has 2 aliphatic heterocycles. The maximum atomic E-state index is 5.66. The SMILES string of the molecule is CC(C)c1cc(C(C)C)c(-c2ccc3nc4n(-c5[c-]c6c(cc5)n5c7ccccc7nc5n6-c5[c-]c6c(cc5)c5cccc7c5n5c(cnc65)C(C)(C)C7(C)C)c5ccc(-c6c(C(C)C)cc(C(C)C)cc6C(C)C)cc5n4c3c2)c(C(C)C)c1.CC1(C)c2cccc3c4ccc(-n5c6[c-]c(-n7c8ccccc8n8c9ccccc9nc78)ccc6n6c7ccccc7nc56)[c-]c4c4ncc(n4c23)C1(C)C.[Pt+2].[Pt+2]. The number of para-hydroxylation sites is 10. The van der Waals surface area contributed by atoms with Crippen molar-refractivity contribution in [3.63, 3.8) is 0 Å². The molecule has 0 unspecified atom stereocenters. The number of hydrogen-bond acceptors (Lipinski definition) is 6. The topological polar surface area (TPSA) is 124 Å². The van der Waals surface area contributed by atoms with Gasteiger partial charge in [-0.2, -0.15) is 0 Å². The van der Waals surface area contributed by atoms with Crippen molar-refractivity contribution in [2.24, 2.45) is 0 Å². The van der Waals surface area contributed by atoms with Crippen LogP contribution in [0.2, 0.25) is 0 Å². The van der Waals surface area contributed by atoms with Crippen LogP contribution in [-0.2, 0) is 63.8 Å². The van der Waals surface area contributed by atoms with Crippen LogP contribution in [0.3, 0.4) is 0 Å². The normalized spacial score (nSPS) is 14.5. The maximum absolute atomic E-state index is 5.66. The molecule has 0 saturated heterocycles. The fourth-order valence-corrected chi connectivity index (χ4v) is 24.3. The van der Waals surface area contributed by atoms with E-state index in [-0.39, 0.29) is 63.8 Å². The van der Waals surface area contributed by atoms with Crippen molar-refractivity contribution < 1.29 is 42.1 Å². The molecule has 0 spiro atoms. The fourth-order valence-electron chi connectivity index (χ4n) is 24.3. The molecule has 704 valence electrons. The van der Waals surface area contributed by atoms with Crippen LogP contribution in [0.4, 0.5) is 0 Å². The Bertz CT molecular complexity index is 9890. The molecule has 0 N–H and O–H groups in total. The summed E-state index contributed by atoms with van der Waals surface area (Å²) in [6.45, 7) is 46.9. The smallest absolute Gasteiger partial charge is 0.337 e. The van der Waals surface area contributed by atoms with Gasteiger partial charge in [-0.1, -0.05) is 293 Å². The average molecular weight is 2210 g/mol. The van der Waals surface area contributed by atoms with Crippen molar-refractivity contribution >= 4 is 166 Å². The minimum atomic E-state index is -0.178.